The van der Waals surface area contributed by atoms with Crippen LogP contribution in [0.25, 0.3) is 0 Å². The second-order valence-electron chi connectivity index (χ2n) is 5.50. The summed E-state index contributed by atoms with van der Waals surface area (Å²) in [5, 5.41) is 3.21. The van der Waals surface area contributed by atoms with Crippen molar-refractivity contribution in [1.29, 1.82) is 0 Å². The maximum atomic E-state index is 12.1. The monoisotopic (exact) mass is 491 g/mol. The van der Waals surface area contributed by atoms with Gasteiger partial charge < -0.3 is 5.32 Å². The fourth-order valence-corrected chi connectivity index (χ4v) is 6.65. The lowest BCUT2D eigenvalue weighted by Crippen LogP contribution is -2.82. The van der Waals surface area contributed by atoms with E-state index in [4.69, 9.17) is 0 Å². The lowest BCUT2D eigenvalue weighted by molar-refractivity contribution is -0.167. The summed E-state index contributed by atoms with van der Waals surface area (Å²) in [4.78, 5) is 13.8. The summed E-state index contributed by atoms with van der Waals surface area (Å²) in [6, 6.07) is 0. The van der Waals surface area contributed by atoms with E-state index in [1.165, 1.54) is 0 Å². The molecule has 6 heteroatoms. The maximum Gasteiger partial charge on any atom is 0.229 e. The van der Waals surface area contributed by atoms with E-state index in [0.717, 1.165) is 25.7 Å². The quantitative estimate of drug-likeness (QED) is 0.405. The summed E-state index contributed by atoms with van der Waals surface area (Å²) in [5.41, 5.74) is -0.134. The van der Waals surface area contributed by atoms with Crippen molar-refractivity contribution in [2.75, 3.05) is 0 Å². The smallest absolute Gasteiger partial charge is 0.229 e. The van der Waals surface area contributed by atoms with Gasteiger partial charge in [0.25, 0.3) is 0 Å². The Hall–Kier alpha value is 1.39. The number of amides is 1. The Morgan fingerprint density at radius 1 is 0.882 bits per heavy atom. The van der Waals surface area contributed by atoms with Gasteiger partial charge in [-0.25, -0.2) is 0 Å². The Morgan fingerprint density at radius 3 is 1.71 bits per heavy atom. The van der Waals surface area contributed by atoms with E-state index in [-0.39, 0.29) is 16.9 Å². The van der Waals surface area contributed by atoms with Crippen LogP contribution in [0.2, 0.25) is 0 Å². The Labute approximate surface area is 135 Å². The molecule has 0 aromatic rings. The van der Waals surface area contributed by atoms with E-state index in [1.807, 2.05) is 0 Å². The van der Waals surface area contributed by atoms with Crippen LogP contribution in [0.1, 0.15) is 25.7 Å². The van der Waals surface area contributed by atoms with Crippen LogP contribution in [0.3, 0.4) is 0 Å². The Balaban J connectivity index is 1.97. The highest BCUT2D eigenvalue weighted by molar-refractivity contribution is 9.12. The molecule has 6 atom stereocenters. The molecule has 96 valence electrons. The number of β-lactam (4-membered cyclic amide) rings is 1. The van der Waals surface area contributed by atoms with E-state index in [1.54, 1.807) is 0 Å². The van der Waals surface area contributed by atoms with Crippen LogP contribution < -0.4 is 5.32 Å². The average molecular weight is 495 g/mol. The largest absolute Gasteiger partial charge is 0.349 e. The standard InChI is InChI=1S/C11H13Br4NO/c12-5-1-10-2-6(13)8(15)4-11(10,3-7(5)14)16-9(10)17/h5-8H,1-4H2,(H,16,17)/t5-,6+,7+,8-,10?,11?. The highest BCUT2D eigenvalue weighted by Crippen LogP contribution is 2.62. The van der Waals surface area contributed by atoms with Crippen LogP contribution >= 0.6 is 63.7 Å². The molecule has 3 rings (SSSR count). The predicted octanol–water partition coefficient (Wildman–Crippen LogP) is 3.48. The lowest BCUT2D eigenvalue weighted by Gasteiger charge is -2.67. The van der Waals surface area contributed by atoms with Gasteiger partial charge >= 0.3 is 0 Å². The second-order valence-corrected chi connectivity index (χ2v) is 10.2. The third-order valence-corrected chi connectivity index (χ3v) is 9.93. The topological polar surface area (TPSA) is 29.1 Å². The molecule has 0 bridgehead atoms. The van der Waals surface area contributed by atoms with E-state index in [9.17, 15) is 4.79 Å². The van der Waals surface area contributed by atoms with Crippen molar-refractivity contribution in [2.45, 2.75) is 50.5 Å². The lowest BCUT2D eigenvalue weighted by atomic mass is 9.49. The molecule has 1 N–H and O–H groups in total. The van der Waals surface area contributed by atoms with E-state index in [2.05, 4.69) is 69.0 Å². The molecule has 1 amide bonds. The molecule has 2 nitrogen and oxygen atoms in total. The Morgan fingerprint density at radius 2 is 1.29 bits per heavy atom. The first-order valence-electron chi connectivity index (χ1n) is 5.79. The minimum atomic E-state index is -0.149. The molecule has 3 fully saturated rings. The first-order chi connectivity index (χ1) is 7.90. The third kappa shape index (κ3) is 1.69. The van der Waals surface area contributed by atoms with Gasteiger partial charge in [-0.15, -0.1) is 0 Å². The summed E-state index contributed by atoms with van der Waals surface area (Å²) in [7, 11) is 0. The highest BCUT2D eigenvalue weighted by Gasteiger charge is 2.71. The molecule has 17 heavy (non-hydrogen) atoms. The summed E-state index contributed by atoms with van der Waals surface area (Å²) in [6.07, 6.45) is 3.93. The summed E-state index contributed by atoms with van der Waals surface area (Å²) in [6.45, 7) is 0. The average Bonchev–Trinajstić information content (AvgIpc) is 2.24. The van der Waals surface area contributed by atoms with Crippen LogP contribution in [0.5, 0.6) is 0 Å². The van der Waals surface area contributed by atoms with Gasteiger partial charge in [0.15, 0.2) is 0 Å². The van der Waals surface area contributed by atoms with Crippen LogP contribution in [-0.4, -0.2) is 30.8 Å². The van der Waals surface area contributed by atoms with Gasteiger partial charge in [-0.2, -0.15) is 0 Å². The summed E-state index contributed by atoms with van der Waals surface area (Å²) in [5.74, 6) is 0.255. The van der Waals surface area contributed by atoms with Crippen molar-refractivity contribution in [3.8, 4) is 0 Å². The molecule has 2 saturated carbocycles. The van der Waals surface area contributed by atoms with E-state index < -0.39 is 0 Å². The Kier molecular flexibility index (Phi) is 3.30. The number of hydrogen-bond donors (Lipinski definition) is 1. The van der Waals surface area contributed by atoms with Crippen molar-refractivity contribution in [1.82, 2.24) is 5.32 Å². The molecule has 0 aromatic carbocycles. The molecule has 0 radical (unpaired) electrons. The Bertz CT molecular complexity index is 354. The molecular formula is C11H13Br4NO. The number of carbonyl (C=O) groups is 1. The maximum absolute atomic E-state index is 12.1. The van der Waals surface area contributed by atoms with Gasteiger partial charge in [0.1, 0.15) is 0 Å². The third-order valence-electron chi connectivity index (χ3n) is 4.66. The van der Waals surface area contributed by atoms with Gasteiger partial charge in [-0.3, -0.25) is 4.79 Å². The van der Waals surface area contributed by atoms with Gasteiger partial charge in [-0.1, -0.05) is 63.7 Å². The molecular weight excluding hydrogens is 482 g/mol. The number of alkyl halides is 4. The highest BCUT2D eigenvalue weighted by atomic mass is 79.9. The molecule has 0 spiro atoms. The molecule has 1 heterocycles. The van der Waals surface area contributed by atoms with Crippen molar-refractivity contribution in [3.63, 3.8) is 0 Å². The van der Waals surface area contributed by atoms with E-state index >= 15 is 0 Å². The van der Waals surface area contributed by atoms with Crippen molar-refractivity contribution in [2.24, 2.45) is 5.41 Å². The first kappa shape index (κ1) is 13.4. The van der Waals surface area contributed by atoms with Gasteiger partial charge in [0.05, 0.1) is 11.0 Å². The minimum absolute atomic E-state index is 0.0148. The van der Waals surface area contributed by atoms with Gasteiger partial charge in [0.2, 0.25) is 5.91 Å². The molecule has 3 aliphatic rings. The fourth-order valence-electron chi connectivity index (χ4n) is 3.69. The van der Waals surface area contributed by atoms with Crippen molar-refractivity contribution >= 4 is 69.6 Å². The summed E-state index contributed by atoms with van der Waals surface area (Å²) >= 11 is 14.9. The molecule has 2 aliphatic carbocycles. The van der Waals surface area contributed by atoms with Crippen LogP contribution in [-0.2, 0) is 4.79 Å². The first-order valence-corrected chi connectivity index (χ1v) is 9.45. The molecule has 0 aromatic heterocycles. The second kappa shape index (κ2) is 4.19. The number of nitrogens with one attached hydrogen (secondary N) is 1. The van der Waals surface area contributed by atoms with E-state index in [0.29, 0.717) is 19.3 Å². The number of hydrogen-bond acceptors (Lipinski definition) is 1. The molecule has 1 aliphatic heterocycles. The minimum Gasteiger partial charge on any atom is -0.349 e. The van der Waals surface area contributed by atoms with Gasteiger partial charge in [-0.05, 0) is 25.7 Å². The van der Waals surface area contributed by atoms with Crippen LogP contribution in [0.4, 0.5) is 0 Å². The SMILES string of the molecule is O=C1NC23C[C@@H](Br)[C@@H](Br)CC12C[C@@H](Br)[C@@H](Br)C3. The predicted molar refractivity (Wildman–Crippen MR) is 82.6 cm³/mol. The molecule has 1 saturated heterocycles. The normalized spacial score (nSPS) is 57.5. The zero-order valence-electron chi connectivity index (χ0n) is 9.06. The van der Waals surface area contributed by atoms with Gasteiger partial charge in [0, 0.05) is 19.3 Å². The zero-order valence-corrected chi connectivity index (χ0v) is 15.4. The van der Waals surface area contributed by atoms with Crippen molar-refractivity contribution in [3.05, 3.63) is 0 Å². The van der Waals surface area contributed by atoms with Crippen LogP contribution in [0.15, 0.2) is 0 Å². The summed E-state index contributed by atoms with van der Waals surface area (Å²) < 4.78 is 0. The number of halogens is 4. The number of carbonyl (C=O) groups excluding carboxylic acids is 1. The number of rotatable bonds is 0. The van der Waals surface area contributed by atoms with Crippen LogP contribution in [0, 0.1) is 5.41 Å². The zero-order chi connectivity index (χ0) is 12.4. The fraction of sp³-hybridized carbons (Fsp3) is 0.909. The molecule has 2 unspecified atom stereocenters. The van der Waals surface area contributed by atoms with Crippen molar-refractivity contribution < 1.29 is 4.79 Å².